The van der Waals surface area contributed by atoms with E-state index in [1.54, 1.807) is 12.1 Å². The van der Waals surface area contributed by atoms with Crippen LogP contribution in [0.2, 0.25) is 0 Å². The molecule has 142 valence electrons. The molecule has 2 heterocycles. The standard InChI is InChI=1S/C18H20N4O5/c23-16(20-15-7-8-22(21-15)11-18(25)26)2-1-9-27-13-4-5-14-12(10-13)3-6-17(24)19-14/h4-5,7-8,10H,1-3,6,9,11H2,(H,19,24)(H,25,26)(H,20,21,23). The molecule has 1 aromatic heterocycles. The van der Waals surface area contributed by atoms with Crippen LogP contribution in [-0.4, -0.2) is 39.3 Å². The Kier molecular flexibility index (Phi) is 5.70. The number of hydrogen-bond acceptors (Lipinski definition) is 5. The number of carbonyl (C=O) groups is 3. The number of aromatic nitrogens is 2. The number of fused-ring (bicyclic) bond motifs is 1. The van der Waals surface area contributed by atoms with Gasteiger partial charge >= 0.3 is 5.97 Å². The molecule has 27 heavy (non-hydrogen) atoms. The van der Waals surface area contributed by atoms with Crippen molar-refractivity contribution in [3.8, 4) is 5.75 Å². The molecule has 2 amide bonds. The number of nitrogens with zero attached hydrogens (tertiary/aromatic N) is 2. The summed E-state index contributed by atoms with van der Waals surface area (Å²) in [7, 11) is 0. The highest BCUT2D eigenvalue weighted by Crippen LogP contribution is 2.26. The van der Waals surface area contributed by atoms with Gasteiger partial charge in [-0.3, -0.25) is 19.1 Å². The second kappa shape index (κ2) is 8.35. The Morgan fingerprint density at radius 2 is 2.15 bits per heavy atom. The Morgan fingerprint density at radius 1 is 1.30 bits per heavy atom. The summed E-state index contributed by atoms with van der Waals surface area (Å²) in [5.41, 5.74) is 1.86. The first kappa shape index (κ1) is 18.4. The van der Waals surface area contributed by atoms with Gasteiger partial charge in [0, 0.05) is 30.8 Å². The largest absolute Gasteiger partial charge is 0.494 e. The molecule has 0 saturated heterocycles. The molecule has 2 aromatic rings. The van der Waals surface area contributed by atoms with Crippen LogP contribution in [0, 0.1) is 0 Å². The van der Waals surface area contributed by atoms with Gasteiger partial charge in [-0.1, -0.05) is 0 Å². The average molecular weight is 372 g/mol. The molecule has 0 aliphatic carbocycles. The highest BCUT2D eigenvalue weighted by atomic mass is 16.5. The van der Waals surface area contributed by atoms with E-state index >= 15 is 0 Å². The molecule has 0 radical (unpaired) electrons. The van der Waals surface area contributed by atoms with Crippen LogP contribution in [0.25, 0.3) is 0 Å². The topological polar surface area (TPSA) is 123 Å². The van der Waals surface area contributed by atoms with Crippen LogP contribution in [-0.2, 0) is 27.3 Å². The first-order chi connectivity index (χ1) is 13.0. The fourth-order valence-corrected chi connectivity index (χ4v) is 2.73. The first-order valence-electron chi connectivity index (χ1n) is 8.60. The third kappa shape index (κ3) is 5.30. The van der Waals surface area contributed by atoms with Crippen LogP contribution in [0.5, 0.6) is 5.75 Å². The van der Waals surface area contributed by atoms with E-state index < -0.39 is 5.97 Å². The summed E-state index contributed by atoms with van der Waals surface area (Å²) in [5.74, 6) is -0.170. The molecule has 9 nitrogen and oxygen atoms in total. The molecule has 9 heteroatoms. The van der Waals surface area contributed by atoms with Crippen LogP contribution in [0.15, 0.2) is 30.5 Å². The molecule has 0 fully saturated rings. The molecule has 1 aliphatic rings. The van der Waals surface area contributed by atoms with Gasteiger partial charge in [-0.25, -0.2) is 0 Å². The summed E-state index contributed by atoms with van der Waals surface area (Å²) >= 11 is 0. The van der Waals surface area contributed by atoms with Gasteiger partial charge in [0.2, 0.25) is 11.8 Å². The molecule has 3 rings (SSSR count). The van der Waals surface area contributed by atoms with Gasteiger partial charge in [-0.2, -0.15) is 5.10 Å². The lowest BCUT2D eigenvalue weighted by molar-refractivity contribution is -0.137. The predicted molar refractivity (Wildman–Crippen MR) is 96.6 cm³/mol. The van der Waals surface area contributed by atoms with E-state index in [4.69, 9.17) is 9.84 Å². The van der Waals surface area contributed by atoms with Crippen molar-refractivity contribution < 1.29 is 24.2 Å². The van der Waals surface area contributed by atoms with Gasteiger partial charge in [0.05, 0.1) is 6.61 Å². The van der Waals surface area contributed by atoms with Crippen molar-refractivity contribution >= 4 is 29.3 Å². The Labute approximate surface area is 155 Å². The monoisotopic (exact) mass is 372 g/mol. The second-order valence-corrected chi connectivity index (χ2v) is 6.16. The Hall–Kier alpha value is -3.36. The molecule has 0 spiro atoms. The van der Waals surface area contributed by atoms with Crippen molar-refractivity contribution in [1.29, 1.82) is 0 Å². The summed E-state index contributed by atoms with van der Waals surface area (Å²) in [6, 6.07) is 7.06. The van der Waals surface area contributed by atoms with E-state index in [2.05, 4.69) is 15.7 Å². The smallest absolute Gasteiger partial charge is 0.325 e. The van der Waals surface area contributed by atoms with E-state index in [0.717, 1.165) is 11.3 Å². The van der Waals surface area contributed by atoms with E-state index in [1.165, 1.54) is 10.9 Å². The molecule has 1 aliphatic heterocycles. The van der Waals surface area contributed by atoms with E-state index in [9.17, 15) is 14.4 Å². The number of nitrogens with one attached hydrogen (secondary N) is 2. The minimum atomic E-state index is -1.00. The SMILES string of the molecule is O=C(O)Cn1ccc(NC(=O)CCCOc2ccc3c(c2)CCC(=O)N3)n1. The average Bonchev–Trinajstić information content (AvgIpc) is 3.04. The highest BCUT2D eigenvalue weighted by molar-refractivity contribution is 5.94. The predicted octanol–water partition coefficient (Wildman–Crippen LogP) is 1.65. The molecule has 0 unspecified atom stereocenters. The lowest BCUT2D eigenvalue weighted by Crippen LogP contribution is -2.18. The molecule has 1 aromatic carbocycles. The zero-order valence-corrected chi connectivity index (χ0v) is 14.6. The maximum atomic E-state index is 11.9. The number of aryl methyl sites for hydroxylation is 1. The second-order valence-electron chi connectivity index (χ2n) is 6.16. The molecule has 3 N–H and O–H groups in total. The number of rotatable bonds is 8. The molecule has 0 saturated carbocycles. The summed E-state index contributed by atoms with van der Waals surface area (Å²) in [6.45, 7) is 0.125. The summed E-state index contributed by atoms with van der Waals surface area (Å²) in [6.07, 6.45) is 3.43. The van der Waals surface area contributed by atoms with Gasteiger partial charge in [0.25, 0.3) is 0 Å². The number of amides is 2. The van der Waals surface area contributed by atoms with Crippen LogP contribution in [0.1, 0.15) is 24.8 Å². The van der Waals surface area contributed by atoms with Crippen molar-refractivity contribution in [1.82, 2.24) is 9.78 Å². The number of ether oxygens (including phenoxy) is 1. The van der Waals surface area contributed by atoms with Gasteiger partial charge in [-0.05, 0) is 36.6 Å². The van der Waals surface area contributed by atoms with Crippen LogP contribution in [0.3, 0.4) is 0 Å². The third-order valence-electron chi connectivity index (χ3n) is 3.99. The Morgan fingerprint density at radius 3 is 2.96 bits per heavy atom. The van der Waals surface area contributed by atoms with Crippen LogP contribution < -0.4 is 15.4 Å². The number of carbonyl (C=O) groups excluding carboxylic acids is 2. The lowest BCUT2D eigenvalue weighted by atomic mass is 10.0. The first-order valence-corrected chi connectivity index (χ1v) is 8.60. The number of anilines is 2. The molecule has 0 bridgehead atoms. The number of hydrogen-bond donors (Lipinski definition) is 3. The molecular weight excluding hydrogens is 352 g/mol. The minimum absolute atomic E-state index is 0.0231. The number of carboxylic acids is 1. The van der Waals surface area contributed by atoms with Crippen molar-refractivity contribution in [3.05, 3.63) is 36.0 Å². The lowest BCUT2D eigenvalue weighted by Gasteiger charge is -2.17. The van der Waals surface area contributed by atoms with Gasteiger partial charge in [0.15, 0.2) is 5.82 Å². The van der Waals surface area contributed by atoms with Crippen LogP contribution in [0.4, 0.5) is 11.5 Å². The minimum Gasteiger partial charge on any atom is -0.494 e. The zero-order chi connectivity index (χ0) is 19.2. The van der Waals surface area contributed by atoms with Crippen LogP contribution >= 0.6 is 0 Å². The van der Waals surface area contributed by atoms with Gasteiger partial charge in [0.1, 0.15) is 12.3 Å². The van der Waals surface area contributed by atoms with Crippen molar-refractivity contribution in [2.24, 2.45) is 0 Å². The van der Waals surface area contributed by atoms with E-state index in [1.807, 2.05) is 12.1 Å². The summed E-state index contributed by atoms with van der Waals surface area (Å²) < 4.78 is 6.91. The fraction of sp³-hybridized carbons (Fsp3) is 0.333. The maximum Gasteiger partial charge on any atom is 0.325 e. The Bertz CT molecular complexity index is 861. The summed E-state index contributed by atoms with van der Waals surface area (Å²) in [5, 5.41) is 18.1. The quantitative estimate of drug-likeness (QED) is 0.606. The van der Waals surface area contributed by atoms with Gasteiger partial charge < -0.3 is 20.5 Å². The number of carboxylic acid groups (broad SMARTS) is 1. The number of aliphatic carboxylic acids is 1. The normalized spacial score (nSPS) is 12.8. The van der Waals surface area contributed by atoms with E-state index in [-0.39, 0.29) is 24.8 Å². The highest BCUT2D eigenvalue weighted by Gasteiger charge is 2.15. The van der Waals surface area contributed by atoms with E-state index in [0.29, 0.717) is 37.4 Å². The van der Waals surface area contributed by atoms with Crippen molar-refractivity contribution in [2.45, 2.75) is 32.2 Å². The zero-order valence-electron chi connectivity index (χ0n) is 14.6. The van der Waals surface area contributed by atoms with Gasteiger partial charge in [-0.15, -0.1) is 0 Å². The number of benzene rings is 1. The maximum absolute atomic E-state index is 11.9. The Balaban J connectivity index is 1.40. The molecular formula is C18H20N4O5. The molecule has 0 atom stereocenters. The van der Waals surface area contributed by atoms with Crippen molar-refractivity contribution in [3.63, 3.8) is 0 Å². The van der Waals surface area contributed by atoms with Crippen molar-refractivity contribution in [2.75, 3.05) is 17.2 Å². The summed E-state index contributed by atoms with van der Waals surface area (Å²) in [4.78, 5) is 33.9. The fourth-order valence-electron chi connectivity index (χ4n) is 2.73. The third-order valence-corrected chi connectivity index (χ3v) is 3.99.